The van der Waals surface area contributed by atoms with Gasteiger partial charge in [-0.3, -0.25) is 4.68 Å². The minimum atomic E-state index is -0.0936. The molecule has 0 bridgehead atoms. The lowest BCUT2D eigenvalue weighted by Gasteiger charge is -2.14. The summed E-state index contributed by atoms with van der Waals surface area (Å²) in [5.41, 5.74) is 7.06. The first-order valence-corrected chi connectivity index (χ1v) is 5.67. The predicted octanol–water partition coefficient (Wildman–Crippen LogP) is 1.34. The summed E-state index contributed by atoms with van der Waals surface area (Å²) in [5.74, 6) is 0.755. The van der Waals surface area contributed by atoms with Crippen LogP contribution in [0.5, 0.6) is 5.75 Å². The van der Waals surface area contributed by atoms with E-state index in [4.69, 9.17) is 15.2 Å². The Labute approximate surface area is 96.5 Å². The maximum Gasteiger partial charge on any atom is 0.161 e. The Bertz CT molecular complexity index is 291. The van der Waals surface area contributed by atoms with Gasteiger partial charge in [-0.25, -0.2) is 0 Å². The molecule has 1 aromatic rings. The van der Waals surface area contributed by atoms with Crippen molar-refractivity contribution in [2.24, 2.45) is 5.73 Å². The number of hydrogen-bond donors (Lipinski definition) is 1. The molecule has 0 saturated heterocycles. The minimum absolute atomic E-state index is 0.0936. The number of aromatic nitrogens is 2. The molecular formula is C11H21N3O2. The van der Waals surface area contributed by atoms with E-state index in [1.807, 2.05) is 18.5 Å². The summed E-state index contributed by atoms with van der Waals surface area (Å²) >= 11 is 0. The number of ether oxygens (including phenoxy) is 2. The maximum atomic E-state index is 6.11. The lowest BCUT2D eigenvalue weighted by molar-refractivity contribution is 0.139. The second-order valence-corrected chi connectivity index (χ2v) is 3.51. The Kier molecular flexibility index (Phi) is 5.28. The van der Waals surface area contributed by atoms with E-state index in [1.165, 1.54) is 0 Å². The van der Waals surface area contributed by atoms with Crippen LogP contribution in [0.1, 0.15) is 32.0 Å². The summed E-state index contributed by atoms with van der Waals surface area (Å²) in [7, 11) is 1.63. The normalized spacial score (nSPS) is 12.8. The average molecular weight is 227 g/mol. The van der Waals surface area contributed by atoms with E-state index in [-0.39, 0.29) is 6.04 Å². The van der Waals surface area contributed by atoms with Crippen LogP contribution in [-0.4, -0.2) is 30.1 Å². The largest absolute Gasteiger partial charge is 0.493 e. The molecule has 1 unspecified atom stereocenters. The predicted molar refractivity (Wildman–Crippen MR) is 62.5 cm³/mol. The van der Waals surface area contributed by atoms with Crippen molar-refractivity contribution in [3.05, 3.63) is 11.9 Å². The maximum absolute atomic E-state index is 6.11. The molecule has 2 N–H and O–H groups in total. The van der Waals surface area contributed by atoms with Crippen molar-refractivity contribution in [1.29, 1.82) is 0 Å². The molecule has 0 aliphatic heterocycles. The molecule has 5 heteroatoms. The highest BCUT2D eigenvalue weighted by atomic mass is 16.5. The highest BCUT2D eigenvalue weighted by Gasteiger charge is 2.17. The molecule has 92 valence electrons. The van der Waals surface area contributed by atoms with E-state index < -0.39 is 0 Å². The van der Waals surface area contributed by atoms with Gasteiger partial charge in [0.2, 0.25) is 0 Å². The Morgan fingerprint density at radius 3 is 2.81 bits per heavy atom. The molecule has 1 heterocycles. The standard InChI is InChI=1S/C11H21N3O2/c1-4-14-11(10(15-3)8-13-14)9(12)6-7-16-5-2/h8-9H,4-7,12H2,1-3H3. The molecule has 16 heavy (non-hydrogen) atoms. The van der Waals surface area contributed by atoms with Gasteiger partial charge in [0.15, 0.2) is 5.75 Å². The fourth-order valence-corrected chi connectivity index (χ4v) is 1.65. The number of methoxy groups -OCH3 is 1. The Hall–Kier alpha value is -1.07. The van der Waals surface area contributed by atoms with Crippen LogP contribution in [0.3, 0.4) is 0 Å². The van der Waals surface area contributed by atoms with E-state index in [0.29, 0.717) is 6.61 Å². The lowest BCUT2D eigenvalue weighted by atomic mass is 10.1. The lowest BCUT2D eigenvalue weighted by Crippen LogP contribution is -2.18. The van der Waals surface area contributed by atoms with Crippen LogP contribution in [0.2, 0.25) is 0 Å². The number of nitrogens with zero attached hydrogens (tertiary/aromatic N) is 2. The van der Waals surface area contributed by atoms with Gasteiger partial charge in [0.05, 0.1) is 25.0 Å². The van der Waals surface area contributed by atoms with E-state index in [2.05, 4.69) is 5.10 Å². The van der Waals surface area contributed by atoms with Gasteiger partial charge in [0.25, 0.3) is 0 Å². The van der Waals surface area contributed by atoms with Gasteiger partial charge >= 0.3 is 0 Å². The second kappa shape index (κ2) is 6.50. The van der Waals surface area contributed by atoms with Gasteiger partial charge in [-0.2, -0.15) is 5.10 Å². The summed E-state index contributed by atoms with van der Waals surface area (Å²) in [5, 5.41) is 4.23. The molecule has 5 nitrogen and oxygen atoms in total. The zero-order valence-corrected chi connectivity index (χ0v) is 10.3. The first-order valence-electron chi connectivity index (χ1n) is 5.67. The quantitative estimate of drug-likeness (QED) is 0.714. The van der Waals surface area contributed by atoms with Crippen molar-refractivity contribution < 1.29 is 9.47 Å². The van der Waals surface area contributed by atoms with Crippen molar-refractivity contribution in [1.82, 2.24) is 9.78 Å². The molecule has 0 amide bonds. The summed E-state index contributed by atoms with van der Waals surface area (Å²) < 4.78 is 12.4. The van der Waals surface area contributed by atoms with Crippen molar-refractivity contribution in [3.8, 4) is 5.75 Å². The van der Waals surface area contributed by atoms with Gasteiger partial charge in [0, 0.05) is 19.8 Å². The van der Waals surface area contributed by atoms with Gasteiger partial charge in [0.1, 0.15) is 0 Å². The molecule has 0 aliphatic carbocycles. The fraction of sp³-hybridized carbons (Fsp3) is 0.727. The van der Waals surface area contributed by atoms with E-state index in [1.54, 1.807) is 13.3 Å². The fourth-order valence-electron chi connectivity index (χ4n) is 1.65. The molecule has 0 saturated carbocycles. The monoisotopic (exact) mass is 227 g/mol. The molecule has 0 radical (unpaired) electrons. The van der Waals surface area contributed by atoms with Crippen LogP contribution < -0.4 is 10.5 Å². The third-order valence-corrected chi connectivity index (χ3v) is 2.49. The Balaban J connectivity index is 2.71. The van der Waals surface area contributed by atoms with Crippen molar-refractivity contribution in [2.45, 2.75) is 32.9 Å². The van der Waals surface area contributed by atoms with Gasteiger partial charge in [-0.05, 0) is 20.3 Å². The summed E-state index contributed by atoms with van der Waals surface area (Å²) in [4.78, 5) is 0. The third kappa shape index (κ3) is 2.96. The summed E-state index contributed by atoms with van der Waals surface area (Å²) in [6.07, 6.45) is 2.48. The SMILES string of the molecule is CCOCCC(N)c1c(OC)cnn1CC. The molecular weight excluding hydrogens is 206 g/mol. The van der Waals surface area contributed by atoms with Gasteiger partial charge in [-0.15, -0.1) is 0 Å². The van der Waals surface area contributed by atoms with Crippen LogP contribution in [0.4, 0.5) is 0 Å². The van der Waals surface area contributed by atoms with Crippen molar-refractivity contribution in [3.63, 3.8) is 0 Å². The van der Waals surface area contributed by atoms with Gasteiger partial charge in [-0.1, -0.05) is 0 Å². The van der Waals surface area contributed by atoms with Crippen LogP contribution in [-0.2, 0) is 11.3 Å². The number of aryl methyl sites for hydroxylation is 1. The summed E-state index contributed by atoms with van der Waals surface area (Å²) in [6, 6.07) is -0.0936. The zero-order chi connectivity index (χ0) is 12.0. The third-order valence-electron chi connectivity index (χ3n) is 2.49. The average Bonchev–Trinajstić information content (AvgIpc) is 2.71. The van der Waals surface area contributed by atoms with E-state index in [0.717, 1.165) is 31.0 Å². The van der Waals surface area contributed by atoms with Gasteiger partial charge < -0.3 is 15.2 Å². The highest BCUT2D eigenvalue weighted by Crippen LogP contribution is 2.25. The summed E-state index contributed by atoms with van der Waals surface area (Å²) in [6.45, 7) is 6.18. The number of hydrogen-bond acceptors (Lipinski definition) is 4. The molecule has 0 spiro atoms. The highest BCUT2D eigenvalue weighted by molar-refractivity contribution is 5.28. The zero-order valence-electron chi connectivity index (χ0n) is 10.3. The minimum Gasteiger partial charge on any atom is -0.493 e. The molecule has 0 aromatic carbocycles. The second-order valence-electron chi connectivity index (χ2n) is 3.51. The van der Waals surface area contributed by atoms with Crippen LogP contribution >= 0.6 is 0 Å². The number of nitrogens with two attached hydrogens (primary N) is 1. The molecule has 1 aromatic heterocycles. The molecule has 0 aliphatic rings. The van der Waals surface area contributed by atoms with Crippen molar-refractivity contribution >= 4 is 0 Å². The Morgan fingerprint density at radius 1 is 1.50 bits per heavy atom. The first kappa shape index (κ1) is 13.0. The van der Waals surface area contributed by atoms with Crippen LogP contribution in [0.15, 0.2) is 6.20 Å². The molecule has 1 rings (SSSR count). The van der Waals surface area contributed by atoms with Crippen LogP contribution in [0.25, 0.3) is 0 Å². The van der Waals surface area contributed by atoms with Crippen molar-refractivity contribution in [2.75, 3.05) is 20.3 Å². The molecule has 0 fully saturated rings. The Morgan fingerprint density at radius 2 is 2.25 bits per heavy atom. The van der Waals surface area contributed by atoms with E-state index in [9.17, 15) is 0 Å². The smallest absolute Gasteiger partial charge is 0.161 e. The van der Waals surface area contributed by atoms with E-state index >= 15 is 0 Å². The van der Waals surface area contributed by atoms with Crippen LogP contribution in [0, 0.1) is 0 Å². The number of rotatable bonds is 7. The topological polar surface area (TPSA) is 62.3 Å². The first-order chi connectivity index (χ1) is 7.74. The molecule has 1 atom stereocenters.